The monoisotopic (exact) mass is 610 g/mol. The van der Waals surface area contributed by atoms with E-state index in [0.29, 0.717) is 0 Å². The van der Waals surface area contributed by atoms with Crippen LogP contribution in [0.3, 0.4) is 0 Å². The Bertz CT molecular complexity index is 2360. The van der Waals surface area contributed by atoms with Crippen molar-refractivity contribution in [3.63, 3.8) is 0 Å². The van der Waals surface area contributed by atoms with Crippen LogP contribution in [0.5, 0.6) is 11.5 Å². The van der Waals surface area contributed by atoms with E-state index in [0.717, 1.165) is 50.6 Å². The summed E-state index contributed by atoms with van der Waals surface area (Å²) >= 11 is 0. The number of aromatic nitrogens is 4. The van der Waals surface area contributed by atoms with Gasteiger partial charge in [-0.25, -0.2) is 9.67 Å². The fraction of sp³-hybridized carbons (Fsp3) is 0.0952. The summed E-state index contributed by atoms with van der Waals surface area (Å²) in [5, 5.41) is 7.02. The molecule has 228 valence electrons. The molecule has 5 heteroatoms. The van der Waals surface area contributed by atoms with E-state index in [2.05, 4.69) is 134 Å². The van der Waals surface area contributed by atoms with Gasteiger partial charge in [0.1, 0.15) is 17.3 Å². The van der Waals surface area contributed by atoms with Crippen molar-refractivity contribution in [3.8, 4) is 45.3 Å². The Morgan fingerprint density at radius 1 is 0.574 bits per heavy atom. The van der Waals surface area contributed by atoms with Crippen molar-refractivity contribution in [2.24, 2.45) is 0 Å². The zero-order chi connectivity index (χ0) is 32.0. The molecular weight excluding hydrogens is 576 g/mol. The first-order chi connectivity index (χ1) is 22.9. The smallest absolute Gasteiger partial charge is 0.137 e. The Balaban J connectivity index is 1.10. The number of fused-ring (bicyclic) bond motifs is 3. The molecule has 47 heavy (non-hydrogen) atoms. The maximum Gasteiger partial charge on any atom is 0.137 e. The van der Waals surface area contributed by atoms with Gasteiger partial charge in [0.15, 0.2) is 0 Å². The highest BCUT2D eigenvalue weighted by atomic mass is 16.5. The summed E-state index contributed by atoms with van der Waals surface area (Å²) in [4.78, 5) is 4.81. The first-order valence-electron chi connectivity index (χ1n) is 15.9. The molecule has 0 N–H and O–H groups in total. The van der Waals surface area contributed by atoms with Gasteiger partial charge in [0.2, 0.25) is 0 Å². The Hall–Kier alpha value is -5.94. The lowest BCUT2D eigenvalue weighted by atomic mass is 9.88. The molecule has 8 aromatic rings. The molecule has 0 spiro atoms. The molecule has 0 fully saturated rings. The lowest BCUT2D eigenvalue weighted by Crippen LogP contribution is -2.12. The standard InChI is InChI=1S/C42H34N4O/c1-42(2,3)33-22-23-43-41(24-33)46-39-15-8-7-14-37(39)38-21-20-36(26-40(38)46)47-35-13-9-12-34(25-35)45-28-32(27-44-45)31-18-16-30(17-19-31)29-10-5-4-6-11-29/h4-28H,1-3H3. The van der Waals surface area contributed by atoms with Crippen LogP contribution in [0.1, 0.15) is 26.3 Å². The molecule has 3 aromatic heterocycles. The summed E-state index contributed by atoms with van der Waals surface area (Å²) < 4.78 is 10.6. The summed E-state index contributed by atoms with van der Waals surface area (Å²) in [7, 11) is 0. The molecule has 8 rings (SSSR count). The van der Waals surface area contributed by atoms with E-state index < -0.39 is 0 Å². The number of hydrogen-bond acceptors (Lipinski definition) is 3. The molecule has 0 bridgehead atoms. The highest BCUT2D eigenvalue weighted by Crippen LogP contribution is 2.36. The Morgan fingerprint density at radius 2 is 1.28 bits per heavy atom. The Morgan fingerprint density at radius 3 is 2.09 bits per heavy atom. The SMILES string of the molecule is CC(C)(C)c1ccnc(-n2c3ccccc3c3ccc(Oc4cccc(-n5cc(-c6ccc(-c7ccccc7)cc6)cn5)c4)cc32)c1. The summed E-state index contributed by atoms with van der Waals surface area (Å²) in [5.41, 5.74) is 8.92. The number of pyridine rings is 1. The van der Waals surface area contributed by atoms with Gasteiger partial charge in [-0.05, 0) is 70.1 Å². The molecule has 0 saturated heterocycles. The largest absolute Gasteiger partial charge is 0.457 e. The quantitative estimate of drug-likeness (QED) is 0.188. The maximum absolute atomic E-state index is 6.49. The predicted molar refractivity (Wildman–Crippen MR) is 192 cm³/mol. The third kappa shape index (κ3) is 5.46. The van der Waals surface area contributed by atoms with Crippen LogP contribution in [-0.4, -0.2) is 19.3 Å². The maximum atomic E-state index is 6.49. The van der Waals surface area contributed by atoms with Crippen molar-refractivity contribution < 1.29 is 4.74 Å². The van der Waals surface area contributed by atoms with E-state index in [9.17, 15) is 0 Å². The summed E-state index contributed by atoms with van der Waals surface area (Å²) in [6, 6.07) is 46.1. The fourth-order valence-electron chi connectivity index (χ4n) is 6.19. The molecular formula is C42H34N4O. The van der Waals surface area contributed by atoms with Crippen molar-refractivity contribution in [1.82, 2.24) is 19.3 Å². The van der Waals surface area contributed by atoms with Crippen molar-refractivity contribution in [2.75, 3.05) is 0 Å². The average Bonchev–Trinajstić information content (AvgIpc) is 3.72. The summed E-state index contributed by atoms with van der Waals surface area (Å²) in [5.74, 6) is 2.39. The number of nitrogens with zero attached hydrogens (tertiary/aromatic N) is 4. The molecule has 0 unspecified atom stereocenters. The number of benzene rings is 5. The van der Waals surface area contributed by atoms with Crippen molar-refractivity contribution in [3.05, 3.63) is 158 Å². The molecule has 0 radical (unpaired) electrons. The number of rotatable bonds is 6. The van der Waals surface area contributed by atoms with Gasteiger partial charge in [-0.3, -0.25) is 4.57 Å². The molecule has 0 aliphatic carbocycles. The van der Waals surface area contributed by atoms with Crippen LogP contribution < -0.4 is 4.74 Å². The highest BCUT2D eigenvalue weighted by molar-refractivity contribution is 6.09. The Labute approximate surface area is 274 Å². The molecule has 5 aromatic carbocycles. The minimum Gasteiger partial charge on any atom is -0.457 e. The van der Waals surface area contributed by atoms with Gasteiger partial charge in [-0.15, -0.1) is 0 Å². The second kappa shape index (κ2) is 11.5. The molecule has 0 aliphatic heterocycles. The zero-order valence-corrected chi connectivity index (χ0v) is 26.6. The molecule has 0 aliphatic rings. The molecule has 3 heterocycles. The van der Waals surface area contributed by atoms with Gasteiger partial charge >= 0.3 is 0 Å². The lowest BCUT2D eigenvalue weighted by molar-refractivity contribution is 0.483. The topological polar surface area (TPSA) is 44.9 Å². The summed E-state index contributed by atoms with van der Waals surface area (Å²) in [6.45, 7) is 6.68. The third-order valence-corrected chi connectivity index (χ3v) is 8.71. The van der Waals surface area contributed by atoms with Crippen LogP contribution in [0.4, 0.5) is 0 Å². The van der Waals surface area contributed by atoms with Crippen molar-refractivity contribution in [2.45, 2.75) is 26.2 Å². The predicted octanol–water partition coefficient (Wildman–Crippen LogP) is 10.8. The zero-order valence-electron chi connectivity index (χ0n) is 26.6. The fourth-order valence-corrected chi connectivity index (χ4v) is 6.19. The molecule has 5 nitrogen and oxygen atoms in total. The number of para-hydroxylation sites is 1. The van der Waals surface area contributed by atoms with Crippen LogP contribution >= 0.6 is 0 Å². The highest BCUT2D eigenvalue weighted by Gasteiger charge is 2.18. The molecule has 0 amide bonds. The number of hydrogen-bond donors (Lipinski definition) is 0. The van der Waals surface area contributed by atoms with Crippen molar-refractivity contribution in [1.29, 1.82) is 0 Å². The van der Waals surface area contributed by atoms with Crippen LogP contribution in [0.25, 0.3) is 55.6 Å². The van der Waals surface area contributed by atoms with E-state index in [-0.39, 0.29) is 5.41 Å². The van der Waals surface area contributed by atoms with Gasteiger partial charge in [0.05, 0.1) is 22.9 Å². The lowest BCUT2D eigenvalue weighted by Gasteiger charge is -2.20. The normalized spacial score (nSPS) is 11.7. The van der Waals surface area contributed by atoms with Crippen LogP contribution in [0.15, 0.2) is 152 Å². The van der Waals surface area contributed by atoms with Gasteiger partial charge in [0, 0.05) is 40.9 Å². The number of ether oxygens (including phenoxy) is 1. The van der Waals surface area contributed by atoms with Crippen LogP contribution in [0.2, 0.25) is 0 Å². The van der Waals surface area contributed by atoms with Gasteiger partial charge < -0.3 is 4.74 Å². The van der Waals surface area contributed by atoms with E-state index in [4.69, 9.17) is 9.72 Å². The van der Waals surface area contributed by atoms with E-state index in [1.54, 1.807) is 0 Å². The van der Waals surface area contributed by atoms with Crippen LogP contribution in [0, 0.1) is 0 Å². The second-order valence-corrected chi connectivity index (χ2v) is 12.9. The van der Waals surface area contributed by atoms with Crippen molar-refractivity contribution >= 4 is 21.8 Å². The van der Waals surface area contributed by atoms with E-state index in [1.807, 2.05) is 53.5 Å². The third-order valence-electron chi connectivity index (χ3n) is 8.71. The van der Waals surface area contributed by atoms with Gasteiger partial charge in [-0.2, -0.15) is 5.10 Å². The van der Waals surface area contributed by atoms with E-state index >= 15 is 0 Å². The second-order valence-electron chi connectivity index (χ2n) is 12.9. The van der Waals surface area contributed by atoms with Crippen LogP contribution in [-0.2, 0) is 5.41 Å². The minimum atomic E-state index is 0.0120. The molecule has 0 saturated carbocycles. The van der Waals surface area contributed by atoms with Gasteiger partial charge in [-0.1, -0.05) is 99.6 Å². The van der Waals surface area contributed by atoms with E-state index in [1.165, 1.54) is 22.1 Å². The first kappa shape index (κ1) is 28.5. The average molecular weight is 611 g/mol. The molecule has 0 atom stereocenters. The first-order valence-corrected chi connectivity index (χ1v) is 15.9. The minimum absolute atomic E-state index is 0.0120. The summed E-state index contributed by atoms with van der Waals surface area (Å²) in [6.07, 6.45) is 5.86. The van der Waals surface area contributed by atoms with Gasteiger partial charge in [0.25, 0.3) is 0 Å². The Kier molecular flexibility index (Phi) is 6.95.